The summed E-state index contributed by atoms with van der Waals surface area (Å²) in [5, 5.41) is 16.4. The van der Waals surface area contributed by atoms with Gasteiger partial charge in [0.1, 0.15) is 18.0 Å². The van der Waals surface area contributed by atoms with E-state index in [9.17, 15) is 19.5 Å². The molecule has 2 atom stereocenters. The number of aromatic hydroxyl groups is 1. The van der Waals surface area contributed by atoms with Crippen LogP contribution < -0.4 is 10.2 Å². The average Bonchev–Trinajstić information content (AvgIpc) is 3.36. The minimum atomic E-state index is -0.815. The first kappa shape index (κ1) is 32.3. The summed E-state index contributed by atoms with van der Waals surface area (Å²) in [6.07, 6.45) is 11.2. The van der Waals surface area contributed by atoms with Gasteiger partial charge in [-0.3, -0.25) is 9.59 Å². The molecule has 47 heavy (non-hydrogen) atoms. The molecule has 0 radical (unpaired) electrons. The van der Waals surface area contributed by atoms with Crippen molar-refractivity contribution in [1.82, 2.24) is 25.1 Å². The second-order valence-corrected chi connectivity index (χ2v) is 12.4. The smallest absolute Gasteiger partial charge is 0.334 e. The predicted octanol–water partition coefficient (Wildman–Crippen LogP) is 3.43. The van der Waals surface area contributed by atoms with Crippen molar-refractivity contribution in [3.05, 3.63) is 95.6 Å². The molecule has 11 nitrogen and oxygen atoms in total. The predicted molar refractivity (Wildman–Crippen MR) is 179 cm³/mol. The maximum absolute atomic E-state index is 14.3. The largest absolute Gasteiger partial charge is 0.508 e. The number of phenolic OH excluding ortho intramolecular Hbond substituents is 1. The number of hydrogen-bond donors (Lipinski definition) is 2. The normalized spacial score (nSPS) is 21.9. The molecule has 1 unspecified atom stereocenters. The first-order valence-corrected chi connectivity index (χ1v) is 16.5. The van der Waals surface area contributed by atoms with E-state index in [0.29, 0.717) is 32.8 Å². The van der Waals surface area contributed by atoms with E-state index >= 15 is 0 Å². The Morgan fingerprint density at radius 3 is 2.64 bits per heavy atom. The molecule has 11 heteroatoms. The summed E-state index contributed by atoms with van der Waals surface area (Å²) in [4.78, 5) is 48.0. The number of hydrazine groups is 1. The highest BCUT2D eigenvalue weighted by Gasteiger charge is 2.51. The van der Waals surface area contributed by atoms with Crippen molar-refractivity contribution in [2.45, 2.75) is 44.9 Å². The quantitative estimate of drug-likeness (QED) is 0.433. The summed E-state index contributed by atoms with van der Waals surface area (Å²) in [5.74, 6) is -0.216. The van der Waals surface area contributed by atoms with Gasteiger partial charge in [-0.05, 0) is 53.8 Å². The zero-order valence-electron chi connectivity index (χ0n) is 27.0. The van der Waals surface area contributed by atoms with Crippen LogP contribution in [0.3, 0.4) is 0 Å². The molecule has 2 aromatic rings. The van der Waals surface area contributed by atoms with Crippen LogP contribution in [-0.4, -0.2) is 107 Å². The molecule has 0 saturated carbocycles. The molecule has 0 bridgehead atoms. The lowest BCUT2D eigenvalue weighted by molar-refractivity contribution is -0.190. The Morgan fingerprint density at radius 1 is 1.04 bits per heavy atom. The van der Waals surface area contributed by atoms with E-state index in [-0.39, 0.29) is 43.1 Å². The number of rotatable bonds is 9. The number of carbonyl (C=O) groups excluding carboxylic acids is 3. The number of phenols is 1. The monoisotopic (exact) mass is 640 g/mol. The zero-order chi connectivity index (χ0) is 32.8. The van der Waals surface area contributed by atoms with Crippen LogP contribution in [0.15, 0.2) is 84.5 Å². The van der Waals surface area contributed by atoms with Crippen molar-refractivity contribution in [2.24, 2.45) is 0 Å². The molecular weight excluding hydrogens is 596 g/mol. The van der Waals surface area contributed by atoms with Crippen LogP contribution in [-0.2, 0) is 27.3 Å². The number of nitrogens with one attached hydrogen (secondary N) is 1. The highest BCUT2D eigenvalue weighted by atomic mass is 16.5. The first-order chi connectivity index (χ1) is 22.9. The highest BCUT2D eigenvalue weighted by Crippen LogP contribution is 2.30. The molecule has 1 aliphatic carbocycles. The summed E-state index contributed by atoms with van der Waals surface area (Å²) < 4.78 is 5.53. The van der Waals surface area contributed by atoms with Crippen LogP contribution in [0, 0.1) is 0 Å². The summed E-state index contributed by atoms with van der Waals surface area (Å²) in [7, 11) is 0. The molecule has 2 aromatic carbocycles. The van der Waals surface area contributed by atoms with E-state index in [1.807, 2.05) is 42.3 Å². The topological polar surface area (TPSA) is 109 Å². The number of amides is 4. The first-order valence-electron chi connectivity index (χ1n) is 16.5. The van der Waals surface area contributed by atoms with Gasteiger partial charge in [-0.1, -0.05) is 61.6 Å². The Balaban J connectivity index is 1.31. The Hall–Kier alpha value is -4.61. The van der Waals surface area contributed by atoms with Gasteiger partial charge >= 0.3 is 6.03 Å². The maximum atomic E-state index is 14.3. The molecule has 4 aliphatic rings. The lowest BCUT2D eigenvalue weighted by Gasteiger charge is -2.55. The average molecular weight is 641 g/mol. The lowest BCUT2D eigenvalue weighted by Crippen LogP contribution is -2.76. The number of piperazine rings is 1. The van der Waals surface area contributed by atoms with Crippen LogP contribution in [0.5, 0.6) is 5.75 Å². The van der Waals surface area contributed by atoms with Crippen molar-refractivity contribution < 1.29 is 24.2 Å². The number of hydrogen-bond acceptors (Lipinski definition) is 7. The van der Waals surface area contributed by atoms with Crippen molar-refractivity contribution in [3.8, 4) is 5.75 Å². The third-order valence-electron chi connectivity index (χ3n) is 9.04. The van der Waals surface area contributed by atoms with E-state index in [4.69, 9.17) is 4.74 Å². The highest BCUT2D eigenvalue weighted by molar-refractivity contribution is 5.91. The number of ether oxygens (including phenoxy) is 1. The second kappa shape index (κ2) is 14.9. The molecule has 3 fully saturated rings. The molecule has 0 spiro atoms. The van der Waals surface area contributed by atoms with Crippen molar-refractivity contribution in [3.63, 3.8) is 0 Å². The molecule has 248 valence electrons. The molecular formula is C36H44N6O5. The van der Waals surface area contributed by atoms with Gasteiger partial charge < -0.3 is 29.9 Å². The summed E-state index contributed by atoms with van der Waals surface area (Å²) in [5.41, 5.74) is 3.85. The van der Waals surface area contributed by atoms with E-state index in [1.165, 1.54) is 0 Å². The molecule has 3 saturated heterocycles. The number of morpholine rings is 1. The summed E-state index contributed by atoms with van der Waals surface area (Å²) >= 11 is 0. The van der Waals surface area contributed by atoms with Crippen molar-refractivity contribution in [1.29, 1.82) is 0 Å². The number of fused-ring (bicyclic) bond motifs is 1. The number of anilines is 1. The SMILES string of the molecule is CCCN1CC(=O)N2C(CN(Cc3cccc(N4CCOCC4)c3)C(=O)[C@@H]2Cc2ccc(O)cc2)N1C(=O)NCC1=CC=CCC=C1. The van der Waals surface area contributed by atoms with E-state index in [1.54, 1.807) is 39.1 Å². The van der Waals surface area contributed by atoms with E-state index in [0.717, 1.165) is 48.3 Å². The van der Waals surface area contributed by atoms with Crippen LogP contribution in [0.25, 0.3) is 0 Å². The maximum Gasteiger partial charge on any atom is 0.334 e. The Bertz CT molecular complexity index is 1530. The minimum Gasteiger partial charge on any atom is -0.508 e. The minimum absolute atomic E-state index is 0.00402. The number of urea groups is 1. The van der Waals surface area contributed by atoms with Crippen molar-refractivity contribution >= 4 is 23.5 Å². The molecule has 3 heterocycles. The van der Waals surface area contributed by atoms with Gasteiger partial charge in [0.2, 0.25) is 11.8 Å². The number of carbonyl (C=O) groups is 3. The van der Waals surface area contributed by atoms with Gasteiger partial charge in [0, 0.05) is 44.8 Å². The van der Waals surface area contributed by atoms with Gasteiger partial charge in [-0.15, -0.1) is 0 Å². The van der Waals surface area contributed by atoms with E-state index < -0.39 is 12.2 Å². The fourth-order valence-electron chi connectivity index (χ4n) is 6.74. The Labute approximate surface area is 276 Å². The van der Waals surface area contributed by atoms with Gasteiger partial charge in [0.15, 0.2) is 0 Å². The van der Waals surface area contributed by atoms with Crippen LogP contribution in [0.2, 0.25) is 0 Å². The van der Waals surface area contributed by atoms with Gasteiger partial charge in [-0.2, -0.15) is 0 Å². The molecule has 0 aromatic heterocycles. The number of nitrogens with zero attached hydrogens (tertiary/aromatic N) is 5. The molecule has 3 aliphatic heterocycles. The molecule has 6 rings (SSSR count). The fourth-order valence-corrected chi connectivity index (χ4v) is 6.74. The van der Waals surface area contributed by atoms with Crippen LogP contribution >= 0.6 is 0 Å². The Morgan fingerprint density at radius 2 is 1.85 bits per heavy atom. The number of allylic oxidation sites excluding steroid dienone is 4. The van der Waals surface area contributed by atoms with Gasteiger partial charge in [0.05, 0.1) is 26.3 Å². The second-order valence-electron chi connectivity index (χ2n) is 12.4. The molecule has 4 amide bonds. The summed E-state index contributed by atoms with van der Waals surface area (Å²) in [6.45, 7) is 6.37. The standard InChI is InChI=1S/C36H44N6O5/c1-2-16-40-26-34(44)41-32(22-27-12-14-31(43)15-13-27)35(45)39(24-29-10-7-11-30(21-29)38-17-19-47-20-18-38)25-33(41)42(40)36(46)37-23-28-8-5-3-4-6-9-28/h3,5-15,21,32-33,43H,2,4,16-20,22-26H2,1H3,(H,37,46)/t32-,33?/m0/s1. The van der Waals surface area contributed by atoms with E-state index in [2.05, 4.69) is 34.5 Å². The Kier molecular flexibility index (Phi) is 10.2. The third kappa shape index (κ3) is 7.52. The van der Waals surface area contributed by atoms with Crippen molar-refractivity contribution in [2.75, 3.05) is 57.4 Å². The number of benzene rings is 2. The van der Waals surface area contributed by atoms with Gasteiger partial charge in [0.25, 0.3) is 0 Å². The fraction of sp³-hybridized carbons (Fsp3) is 0.417. The lowest BCUT2D eigenvalue weighted by atomic mass is 9.98. The summed E-state index contributed by atoms with van der Waals surface area (Å²) in [6, 6.07) is 13.8. The third-order valence-corrected chi connectivity index (χ3v) is 9.04. The van der Waals surface area contributed by atoms with Gasteiger partial charge in [-0.25, -0.2) is 14.8 Å². The zero-order valence-corrected chi connectivity index (χ0v) is 27.0. The van der Waals surface area contributed by atoms with Crippen LogP contribution in [0.1, 0.15) is 30.9 Å². The molecule has 2 N–H and O–H groups in total. The van der Waals surface area contributed by atoms with Crippen LogP contribution in [0.4, 0.5) is 10.5 Å².